The van der Waals surface area contributed by atoms with Gasteiger partial charge >= 0.3 is 0 Å². The first-order chi connectivity index (χ1) is 8.13. The van der Waals surface area contributed by atoms with Gasteiger partial charge in [0.05, 0.1) is 5.69 Å². The van der Waals surface area contributed by atoms with Crippen LogP contribution >= 0.6 is 15.9 Å². The molecule has 0 bridgehead atoms. The third-order valence-electron chi connectivity index (χ3n) is 3.37. The molecule has 1 aromatic rings. The molecule has 2 rings (SSSR count). The van der Waals surface area contributed by atoms with Crippen LogP contribution in [0.4, 0.5) is 10.1 Å². The van der Waals surface area contributed by atoms with Crippen LogP contribution in [-0.4, -0.2) is 25.2 Å². The Hall–Kier alpha value is -0.610. The van der Waals surface area contributed by atoms with Crippen LogP contribution in [0.3, 0.4) is 0 Å². The van der Waals surface area contributed by atoms with E-state index in [0.29, 0.717) is 17.8 Å². The lowest BCUT2D eigenvalue weighted by atomic mass is 10.1. The van der Waals surface area contributed by atoms with Gasteiger partial charge in [-0.15, -0.1) is 0 Å². The van der Waals surface area contributed by atoms with Crippen molar-refractivity contribution in [3.63, 3.8) is 0 Å². The Bertz CT molecular complexity index is 377. The van der Waals surface area contributed by atoms with Crippen LogP contribution in [0.25, 0.3) is 0 Å². The van der Waals surface area contributed by atoms with E-state index in [4.69, 9.17) is 0 Å². The minimum Gasteiger partial charge on any atom is -0.363 e. The molecular weight excluding hydrogens is 283 g/mol. The Labute approximate surface area is 110 Å². The number of hydrogen-bond donors (Lipinski definition) is 1. The summed E-state index contributed by atoms with van der Waals surface area (Å²) in [5.74, 6) is -0.150. The summed E-state index contributed by atoms with van der Waals surface area (Å²) < 4.78 is 14.8. The normalized spacial score (nSPS) is 25.1. The van der Waals surface area contributed by atoms with Gasteiger partial charge < -0.3 is 10.2 Å². The molecule has 0 saturated carbocycles. The number of benzene rings is 1. The zero-order chi connectivity index (χ0) is 12.4. The van der Waals surface area contributed by atoms with E-state index in [9.17, 15) is 4.39 Å². The first kappa shape index (κ1) is 12.8. The van der Waals surface area contributed by atoms with Gasteiger partial charge in [-0.1, -0.05) is 13.0 Å². The molecule has 2 unspecified atom stereocenters. The fraction of sp³-hybridized carbons (Fsp3) is 0.538. The molecule has 1 aliphatic heterocycles. The van der Waals surface area contributed by atoms with E-state index in [1.54, 1.807) is 6.07 Å². The maximum atomic E-state index is 13.9. The molecule has 0 amide bonds. The van der Waals surface area contributed by atoms with Gasteiger partial charge in [0.25, 0.3) is 0 Å². The van der Waals surface area contributed by atoms with E-state index in [0.717, 1.165) is 24.0 Å². The molecule has 1 heterocycles. The summed E-state index contributed by atoms with van der Waals surface area (Å²) in [7, 11) is 0. The molecule has 1 aromatic carbocycles. The number of nitrogens with one attached hydrogen (secondary N) is 1. The summed E-state index contributed by atoms with van der Waals surface area (Å²) in [4.78, 5) is 2.16. The van der Waals surface area contributed by atoms with Crippen LogP contribution in [0, 0.1) is 5.82 Å². The largest absolute Gasteiger partial charge is 0.363 e. The van der Waals surface area contributed by atoms with E-state index >= 15 is 0 Å². The predicted molar refractivity (Wildman–Crippen MR) is 73.0 cm³/mol. The highest BCUT2D eigenvalue weighted by Gasteiger charge is 2.27. The lowest BCUT2D eigenvalue weighted by Gasteiger charge is -2.40. The first-order valence-corrected chi connectivity index (χ1v) is 6.86. The van der Waals surface area contributed by atoms with Crippen molar-refractivity contribution in [1.82, 2.24) is 5.32 Å². The van der Waals surface area contributed by atoms with Gasteiger partial charge in [-0.05, 0) is 41.4 Å². The maximum absolute atomic E-state index is 13.9. The van der Waals surface area contributed by atoms with Crippen molar-refractivity contribution in [1.29, 1.82) is 0 Å². The smallest absolute Gasteiger partial charge is 0.147 e. The summed E-state index contributed by atoms with van der Waals surface area (Å²) in [5.41, 5.74) is 0.694. The average molecular weight is 301 g/mol. The fourth-order valence-corrected chi connectivity index (χ4v) is 2.85. The van der Waals surface area contributed by atoms with E-state index in [2.05, 4.69) is 40.0 Å². The third-order valence-corrected chi connectivity index (χ3v) is 4.01. The number of rotatable bonds is 2. The van der Waals surface area contributed by atoms with Crippen molar-refractivity contribution >= 4 is 21.6 Å². The number of anilines is 1. The van der Waals surface area contributed by atoms with Crippen molar-refractivity contribution < 1.29 is 4.39 Å². The third kappa shape index (κ3) is 2.63. The Kier molecular flexibility index (Phi) is 4.05. The van der Waals surface area contributed by atoms with Crippen molar-refractivity contribution in [2.24, 2.45) is 0 Å². The second kappa shape index (κ2) is 5.36. The summed E-state index contributed by atoms with van der Waals surface area (Å²) in [6.07, 6.45) is 1.06. The minimum absolute atomic E-state index is 0.150. The first-order valence-electron chi connectivity index (χ1n) is 6.07. The predicted octanol–water partition coefficient (Wildman–Crippen LogP) is 3.16. The maximum Gasteiger partial charge on any atom is 0.147 e. The van der Waals surface area contributed by atoms with Crippen LogP contribution in [0.5, 0.6) is 0 Å². The van der Waals surface area contributed by atoms with E-state index in [1.807, 2.05) is 6.07 Å². The van der Waals surface area contributed by atoms with Crippen molar-refractivity contribution in [2.45, 2.75) is 32.4 Å². The highest BCUT2D eigenvalue weighted by molar-refractivity contribution is 9.10. The fourth-order valence-electron chi connectivity index (χ4n) is 2.28. The lowest BCUT2D eigenvalue weighted by Crippen LogP contribution is -2.55. The standard InChI is InChI=1S/C13H18BrFN2/c1-3-10-8-17(9(2)7-16-10)13-11(14)5-4-6-12(13)15/h4-6,9-10,16H,3,7-8H2,1-2H3. The Morgan fingerprint density at radius 1 is 1.53 bits per heavy atom. The van der Waals surface area contributed by atoms with Crippen LogP contribution in [-0.2, 0) is 0 Å². The molecule has 2 atom stereocenters. The highest BCUT2D eigenvalue weighted by Crippen LogP contribution is 2.31. The highest BCUT2D eigenvalue weighted by atomic mass is 79.9. The molecular formula is C13H18BrFN2. The summed E-state index contributed by atoms with van der Waals surface area (Å²) in [5, 5.41) is 3.48. The molecule has 2 nitrogen and oxygen atoms in total. The molecule has 0 spiro atoms. The minimum atomic E-state index is -0.150. The van der Waals surface area contributed by atoms with Crippen LogP contribution < -0.4 is 10.2 Å². The lowest BCUT2D eigenvalue weighted by molar-refractivity contribution is 0.393. The van der Waals surface area contributed by atoms with E-state index in [-0.39, 0.29) is 5.82 Å². The zero-order valence-electron chi connectivity index (χ0n) is 10.2. The van der Waals surface area contributed by atoms with E-state index < -0.39 is 0 Å². The monoisotopic (exact) mass is 300 g/mol. The van der Waals surface area contributed by atoms with Gasteiger partial charge in [-0.3, -0.25) is 0 Å². The average Bonchev–Trinajstić information content (AvgIpc) is 2.31. The molecule has 1 aliphatic rings. The van der Waals surface area contributed by atoms with E-state index in [1.165, 1.54) is 6.07 Å². The summed E-state index contributed by atoms with van der Waals surface area (Å²) in [6.45, 7) is 6.04. The zero-order valence-corrected chi connectivity index (χ0v) is 11.8. The molecule has 1 saturated heterocycles. The Balaban J connectivity index is 2.30. The van der Waals surface area contributed by atoms with Gasteiger partial charge in [0.15, 0.2) is 0 Å². The number of hydrogen-bond acceptors (Lipinski definition) is 2. The SMILES string of the molecule is CCC1CN(c2c(F)cccc2Br)C(C)CN1. The number of nitrogens with zero attached hydrogens (tertiary/aromatic N) is 1. The molecule has 0 aromatic heterocycles. The molecule has 17 heavy (non-hydrogen) atoms. The molecule has 4 heteroatoms. The summed E-state index contributed by atoms with van der Waals surface area (Å²) >= 11 is 3.45. The molecule has 0 aliphatic carbocycles. The molecule has 1 N–H and O–H groups in total. The molecule has 1 fully saturated rings. The molecule has 0 radical (unpaired) electrons. The topological polar surface area (TPSA) is 15.3 Å². The molecule has 94 valence electrons. The van der Waals surface area contributed by atoms with Crippen molar-refractivity contribution in [3.05, 3.63) is 28.5 Å². The number of piperazine rings is 1. The quantitative estimate of drug-likeness (QED) is 0.902. The second-order valence-electron chi connectivity index (χ2n) is 4.59. The van der Waals surface area contributed by atoms with Crippen molar-refractivity contribution in [2.75, 3.05) is 18.0 Å². The van der Waals surface area contributed by atoms with Gasteiger partial charge in [0, 0.05) is 29.6 Å². The van der Waals surface area contributed by atoms with Crippen LogP contribution in [0.2, 0.25) is 0 Å². The number of para-hydroxylation sites is 1. The van der Waals surface area contributed by atoms with Crippen molar-refractivity contribution in [3.8, 4) is 0 Å². The van der Waals surface area contributed by atoms with Crippen LogP contribution in [0.15, 0.2) is 22.7 Å². The Morgan fingerprint density at radius 2 is 2.29 bits per heavy atom. The van der Waals surface area contributed by atoms with Gasteiger partial charge in [-0.2, -0.15) is 0 Å². The Morgan fingerprint density at radius 3 is 2.94 bits per heavy atom. The van der Waals surface area contributed by atoms with Gasteiger partial charge in [0.2, 0.25) is 0 Å². The van der Waals surface area contributed by atoms with Gasteiger partial charge in [-0.25, -0.2) is 4.39 Å². The second-order valence-corrected chi connectivity index (χ2v) is 5.44. The van der Waals surface area contributed by atoms with Crippen LogP contribution in [0.1, 0.15) is 20.3 Å². The number of halogens is 2. The summed E-state index contributed by atoms with van der Waals surface area (Å²) in [6, 6.07) is 5.90. The van der Waals surface area contributed by atoms with Gasteiger partial charge in [0.1, 0.15) is 5.82 Å².